The molecule has 1 N–H and O–H groups in total. The van der Waals surface area contributed by atoms with Crippen LogP contribution in [0.5, 0.6) is 0 Å². The second-order valence-electron chi connectivity index (χ2n) is 4.09. The van der Waals surface area contributed by atoms with E-state index in [-0.39, 0.29) is 23.7 Å². The van der Waals surface area contributed by atoms with Crippen LogP contribution in [0.4, 0.5) is 5.69 Å². The summed E-state index contributed by atoms with van der Waals surface area (Å²) in [6, 6.07) is 6.01. The molecule has 0 unspecified atom stereocenters. The molecule has 2 aromatic rings. The summed E-state index contributed by atoms with van der Waals surface area (Å²) in [4.78, 5) is 22.2. The Morgan fingerprint density at radius 3 is 2.85 bits per heavy atom. The molecule has 1 amide bonds. The molecule has 0 spiro atoms. The van der Waals surface area contributed by atoms with E-state index in [9.17, 15) is 14.9 Å². The molecule has 0 atom stereocenters. The zero-order valence-electron chi connectivity index (χ0n) is 10.5. The van der Waals surface area contributed by atoms with Gasteiger partial charge in [0, 0.05) is 24.9 Å². The van der Waals surface area contributed by atoms with Crippen LogP contribution in [0.2, 0.25) is 0 Å². The van der Waals surface area contributed by atoms with Gasteiger partial charge in [-0.15, -0.1) is 0 Å². The molecule has 0 bridgehead atoms. The maximum Gasteiger partial charge on any atom is 0.284 e. The van der Waals surface area contributed by atoms with Gasteiger partial charge in [-0.3, -0.25) is 19.6 Å². The monoisotopic (exact) mass is 338 g/mol. The average Bonchev–Trinajstić information content (AvgIpc) is 2.82. The zero-order chi connectivity index (χ0) is 14.7. The predicted molar refractivity (Wildman–Crippen MR) is 75.2 cm³/mol. The van der Waals surface area contributed by atoms with Gasteiger partial charge in [0.1, 0.15) is 0 Å². The molecule has 0 saturated carbocycles. The van der Waals surface area contributed by atoms with Gasteiger partial charge in [-0.2, -0.15) is 5.10 Å². The molecule has 1 heterocycles. The van der Waals surface area contributed by atoms with Gasteiger partial charge in [-0.25, -0.2) is 0 Å². The lowest BCUT2D eigenvalue weighted by molar-refractivity contribution is -0.385. The number of amides is 1. The highest BCUT2D eigenvalue weighted by atomic mass is 79.9. The summed E-state index contributed by atoms with van der Waals surface area (Å²) in [5.74, 6) is -0.383. The van der Waals surface area contributed by atoms with E-state index in [0.29, 0.717) is 10.2 Å². The normalized spacial score (nSPS) is 10.3. The lowest BCUT2D eigenvalue weighted by atomic mass is 10.2. The third-order valence-electron chi connectivity index (χ3n) is 2.60. The molecule has 20 heavy (non-hydrogen) atoms. The van der Waals surface area contributed by atoms with Crippen LogP contribution in [0.15, 0.2) is 34.9 Å². The number of hydrogen-bond acceptors (Lipinski definition) is 4. The molecule has 1 aromatic heterocycles. The molecule has 0 radical (unpaired) electrons. The maximum atomic E-state index is 11.9. The fourth-order valence-electron chi connectivity index (χ4n) is 1.62. The highest BCUT2D eigenvalue weighted by Crippen LogP contribution is 2.25. The molecule has 0 aliphatic carbocycles. The Balaban J connectivity index is 2.09. The van der Waals surface area contributed by atoms with Crippen molar-refractivity contribution < 1.29 is 9.72 Å². The Labute approximate surface area is 122 Å². The van der Waals surface area contributed by atoms with Crippen molar-refractivity contribution in [2.24, 2.45) is 7.05 Å². The minimum absolute atomic E-state index is 0.143. The van der Waals surface area contributed by atoms with E-state index in [0.717, 1.165) is 0 Å². The van der Waals surface area contributed by atoms with Crippen molar-refractivity contribution in [3.63, 3.8) is 0 Å². The smallest absolute Gasteiger partial charge is 0.284 e. The number of hydrogen-bond donors (Lipinski definition) is 1. The Morgan fingerprint density at radius 2 is 2.25 bits per heavy atom. The van der Waals surface area contributed by atoms with Gasteiger partial charge in [0.2, 0.25) is 0 Å². The van der Waals surface area contributed by atoms with E-state index in [1.807, 2.05) is 0 Å². The van der Waals surface area contributed by atoms with Crippen LogP contribution in [-0.2, 0) is 13.6 Å². The van der Waals surface area contributed by atoms with Crippen molar-refractivity contribution in [2.75, 3.05) is 0 Å². The number of halogens is 1. The van der Waals surface area contributed by atoms with Crippen LogP contribution in [0.25, 0.3) is 0 Å². The van der Waals surface area contributed by atoms with Crippen molar-refractivity contribution in [1.29, 1.82) is 0 Å². The van der Waals surface area contributed by atoms with E-state index >= 15 is 0 Å². The minimum atomic E-state index is -0.542. The molecule has 2 rings (SSSR count). The third-order valence-corrected chi connectivity index (χ3v) is 3.27. The molecular weight excluding hydrogens is 328 g/mol. The number of aryl methyl sites for hydroxylation is 1. The van der Waals surface area contributed by atoms with Gasteiger partial charge in [0.05, 0.1) is 21.6 Å². The van der Waals surface area contributed by atoms with Crippen LogP contribution in [0, 0.1) is 10.1 Å². The first-order chi connectivity index (χ1) is 9.47. The molecular formula is C12H11BrN4O3. The highest BCUT2D eigenvalue weighted by Gasteiger charge is 2.15. The number of benzene rings is 1. The number of nitrogens with one attached hydrogen (secondary N) is 1. The van der Waals surface area contributed by atoms with E-state index in [2.05, 4.69) is 26.3 Å². The molecule has 0 aliphatic rings. The summed E-state index contributed by atoms with van der Waals surface area (Å²) in [6.07, 6.45) is 1.77. The molecule has 0 aliphatic heterocycles. The fraction of sp³-hybridized carbons (Fsp3) is 0.167. The Kier molecular flexibility index (Phi) is 4.14. The molecule has 1 aromatic carbocycles. The zero-order valence-corrected chi connectivity index (χ0v) is 12.1. The number of rotatable bonds is 4. The summed E-state index contributed by atoms with van der Waals surface area (Å²) in [7, 11) is 1.78. The number of nitro benzene ring substituents is 1. The Hall–Kier alpha value is -2.22. The topological polar surface area (TPSA) is 90.1 Å². The molecule has 8 heteroatoms. The van der Waals surface area contributed by atoms with Crippen LogP contribution in [0.3, 0.4) is 0 Å². The van der Waals surface area contributed by atoms with E-state index in [1.54, 1.807) is 24.0 Å². The van der Waals surface area contributed by atoms with Crippen molar-refractivity contribution in [3.8, 4) is 0 Å². The van der Waals surface area contributed by atoms with Gasteiger partial charge < -0.3 is 5.32 Å². The average molecular weight is 339 g/mol. The molecule has 104 valence electrons. The van der Waals surface area contributed by atoms with Crippen LogP contribution < -0.4 is 5.32 Å². The van der Waals surface area contributed by atoms with Crippen molar-refractivity contribution in [2.45, 2.75) is 6.54 Å². The first kappa shape index (κ1) is 14.2. The second kappa shape index (κ2) is 5.83. The largest absolute Gasteiger partial charge is 0.346 e. The number of nitro groups is 1. The lowest BCUT2D eigenvalue weighted by Gasteiger charge is -2.04. The van der Waals surface area contributed by atoms with Crippen molar-refractivity contribution in [1.82, 2.24) is 15.1 Å². The first-order valence-corrected chi connectivity index (χ1v) is 6.47. The summed E-state index contributed by atoms with van der Waals surface area (Å²) in [5, 5.41) is 17.6. The minimum Gasteiger partial charge on any atom is -0.346 e. The standard InChI is InChI=1S/C12H11BrN4O3/c1-16-5-4-9(15-16)7-14-12(18)8-2-3-10(13)11(6-8)17(19)20/h2-6H,7H2,1H3,(H,14,18). The van der Waals surface area contributed by atoms with Gasteiger partial charge >= 0.3 is 0 Å². The first-order valence-electron chi connectivity index (χ1n) is 5.68. The van der Waals surface area contributed by atoms with E-state index < -0.39 is 4.92 Å². The summed E-state index contributed by atoms with van der Waals surface area (Å²) < 4.78 is 1.97. The summed E-state index contributed by atoms with van der Waals surface area (Å²) in [6.45, 7) is 0.267. The molecule has 0 saturated heterocycles. The summed E-state index contributed by atoms with van der Waals surface area (Å²) in [5.41, 5.74) is 0.804. The number of carbonyl (C=O) groups excluding carboxylic acids is 1. The Morgan fingerprint density at radius 1 is 1.50 bits per heavy atom. The highest BCUT2D eigenvalue weighted by molar-refractivity contribution is 9.10. The Bertz CT molecular complexity index is 668. The number of nitrogens with zero attached hydrogens (tertiary/aromatic N) is 3. The van der Waals surface area contributed by atoms with E-state index in [1.165, 1.54) is 18.2 Å². The van der Waals surface area contributed by atoms with Gasteiger partial charge in [-0.05, 0) is 34.1 Å². The van der Waals surface area contributed by atoms with E-state index in [4.69, 9.17) is 0 Å². The van der Waals surface area contributed by atoms with Gasteiger partial charge in [0.15, 0.2) is 0 Å². The summed E-state index contributed by atoms with van der Waals surface area (Å²) >= 11 is 3.07. The quantitative estimate of drug-likeness (QED) is 0.682. The third kappa shape index (κ3) is 3.21. The van der Waals surface area contributed by atoms with Crippen LogP contribution in [0.1, 0.15) is 16.1 Å². The molecule has 7 nitrogen and oxygen atoms in total. The lowest BCUT2D eigenvalue weighted by Crippen LogP contribution is -2.23. The van der Waals surface area contributed by atoms with Crippen LogP contribution >= 0.6 is 15.9 Å². The predicted octanol–water partition coefficient (Wildman–Crippen LogP) is 2.02. The van der Waals surface area contributed by atoms with Gasteiger partial charge in [-0.1, -0.05) is 0 Å². The SMILES string of the molecule is Cn1ccc(CNC(=O)c2ccc(Br)c([N+](=O)[O-])c2)n1. The number of carbonyl (C=O) groups is 1. The van der Waals surface area contributed by atoms with Crippen molar-refractivity contribution in [3.05, 3.63) is 56.3 Å². The molecule has 0 fully saturated rings. The fourth-order valence-corrected chi connectivity index (χ4v) is 2.02. The maximum absolute atomic E-state index is 11.9. The second-order valence-corrected chi connectivity index (χ2v) is 4.94. The van der Waals surface area contributed by atoms with Crippen molar-refractivity contribution >= 4 is 27.5 Å². The number of aromatic nitrogens is 2. The van der Waals surface area contributed by atoms with Gasteiger partial charge in [0.25, 0.3) is 11.6 Å². The van der Waals surface area contributed by atoms with Crippen LogP contribution in [-0.4, -0.2) is 20.6 Å².